The molecule has 2 heterocycles. The van der Waals surface area contributed by atoms with Crippen LogP contribution < -0.4 is 4.90 Å². The summed E-state index contributed by atoms with van der Waals surface area (Å²) < 4.78 is 29.3. The first-order chi connectivity index (χ1) is 18.3. The molecule has 0 saturated heterocycles. The van der Waals surface area contributed by atoms with E-state index < -0.39 is 10.0 Å². The zero-order valence-electron chi connectivity index (χ0n) is 22.1. The monoisotopic (exact) mass is 550 g/mol. The van der Waals surface area contributed by atoms with Crippen molar-refractivity contribution in [1.29, 1.82) is 0 Å². The maximum atomic E-state index is 13.8. The smallest absolute Gasteiger partial charge is 0.260 e. The third-order valence-corrected chi connectivity index (χ3v) is 9.35. The third-order valence-electron chi connectivity index (χ3n) is 6.39. The molecular weight excluding hydrogens is 516 g/mol. The molecular formula is C29H34N4O3S2. The molecule has 2 aromatic carbocycles. The Labute approximate surface area is 229 Å². The number of nitrogens with zero attached hydrogens (tertiary/aromatic N) is 4. The lowest BCUT2D eigenvalue weighted by atomic mass is 10.2. The molecule has 0 saturated carbocycles. The van der Waals surface area contributed by atoms with Crippen LogP contribution in [0, 0.1) is 6.92 Å². The minimum atomic E-state index is -3.64. The summed E-state index contributed by atoms with van der Waals surface area (Å²) >= 11 is 1.45. The van der Waals surface area contributed by atoms with Crippen molar-refractivity contribution < 1.29 is 13.2 Å². The molecule has 4 rings (SSSR count). The van der Waals surface area contributed by atoms with Crippen molar-refractivity contribution >= 4 is 42.6 Å². The average Bonchev–Trinajstić information content (AvgIpc) is 3.37. The quantitative estimate of drug-likeness (QED) is 0.203. The van der Waals surface area contributed by atoms with Crippen LogP contribution in [0.2, 0.25) is 0 Å². The normalized spacial score (nSPS) is 11.8. The molecule has 0 atom stereocenters. The van der Waals surface area contributed by atoms with Crippen LogP contribution in [-0.4, -0.2) is 41.7 Å². The van der Waals surface area contributed by atoms with Gasteiger partial charge in [0.15, 0.2) is 5.13 Å². The van der Waals surface area contributed by atoms with E-state index in [1.54, 1.807) is 27.5 Å². The Kier molecular flexibility index (Phi) is 9.25. The van der Waals surface area contributed by atoms with Crippen LogP contribution in [-0.2, 0) is 16.6 Å². The highest BCUT2D eigenvalue weighted by Gasteiger charge is 2.26. The molecule has 0 N–H and O–H groups in total. The van der Waals surface area contributed by atoms with Crippen molar-refractivity contribution in [2.45, 2.75) is 57.9 Å². The van der Waals surface area contributed by atoms with Gasteiger partial charge in [-0.2, -0.15) is 4.31 Å². The van der Waals surface area contributed by atoms with E-state index in [4.69, 9.17) is 4.98 Å². The van der Waals surface area contributed by atoms with Crippen molar-refractivity contribution in [1.82, 2.24) is 14.3 Å². The Morgan fingerprint density at radius 2 is 1.63 bits per heavy atom. The second-order valence-corrected chi connectivity index (χ2v) is 12.2. The van der Waals surface area contributed by atoms with Crippen molar-refractivity contribution in [3.8, 4) is 0 Å². The highest BCUT2D eigenvalue weighted by molar-refractivity contribution is 7.89. The average molecular weight is 551 g/mol. The molecule has 0 radical (unpaired) electrons. The molecule has 0 aliphatic carbocycles. The van der Waals surface area contributed by atoms with Gasteiger partial charge in [-0.15, -0.1) is 0 Å². The number of hydrogen-bond acceptors (Lipinski definition) is 6. The predicted octanol–water partition coefficient (Wildman–Crippen LogP) is 6.44. The van der Waals surface area contributed by atoms with Crippen molar-refractivity contribution in [2.24, 2.45) is 0 Å². The lowest BCUT2D eigenvalue weighted by Gasteiger charge is -2.22. The van der Waals surface area contributed by atoms with Gasteiger partial charge in [-0.05, 0) is 67.8 Å². The SMILES string of the molecule is CCCCN(CCCC)S(=O)(=O)c1ccc(C(=O)N(Cc2ccccn2)c2nc3c(C)cccc3s2)cc1. The molecule has 7 nitrogen and oxygen atoms in total. The maximum absolute atomic E-state index is 13.8. The molecule has 0 unspecified atom stereocenters. The Hall–Kier alpha value is -3.14. The molecule has 2 aromatic heterocycles. The minimum Gasteiger partial charge on any atom is -0.278 e. The number of anilines is 1. The summed E-state index contributed by atoms with van der Waals surface area (Å²) in [5.41, 5.74) is 3.04. The first-order valence-corrected chi connectivity index (χ1v) is 15.3. The number of carbonyl (C=O) groups is 1. The molecule has 1 amide bonds. The molecule has 0 bridgehead atoms. The Morgan fingerprint density at radius 3 is 2.24 bits per heavy atom. The molecule has 0 spiro atoms. The molecule has 0 aliphatic rings. The van der Waals surface area contributed by atoms with Gasteiger partial charge in [0.2, 0.25) is 10.0 Å². The van der Waals surface area contributed by atoms with Crippen molar-refractivity contribution in [2.75, 3.05) is 18.0 Å². The van der Waals surface area contributed by atoms with E-state index in [2.05, 4.69) is 18.8 Å². The lowest BCUT2D eigenvalue weighted by Crippen LogP contribution is -2.33. The molecule has 4 aromatic rings. The Morgan fingerprint density at radius 1 is 0.921 bits per heavy atom. The number of sulfonamides is 1. The fourth-order valence-electron chi connectivity index (χ4n) is 4.17. The summed E-state index contributed by atoms with van der Waals surface area (Å²) in [7, 11) is -3.64. The van der Waals surface area contributed by atoms with Gasteiger partial charge in [-0.3, -0.25) is 14.7 Å². The number of unbranched alkanes of at least 4 members (excludes halogenated alkanes) is 2. The molecule has 0 fully saturated rings. The topological polar surface area (TPSA) is 83.5 Å². The summed E-state index contributed by atoms with van der Waals surface area (Å²) in [5, 5.41) is 0.576. The minimum absolute atomic E-state index is 0.202. The zero-order valence-corrected chi connectivity index (χ0v) is 23.8. The number of aromatic nitrogens is 2. The van der Waals surface area contributed by atoms with Gasteiger partial charge in [0, 0.05) is 24.8 Å². The van der Waals surface area contributed by atoms with E-state index >= 15 is 0 Å². The summed E-state index contributed by atoms with van der Waals surface area (Å²) in [6, 6.07) is 17.8. The largest absolute Gasteiger partial charge is 0.278 e. The number of para-hydroxylation sites is 1. The van der Waals surface area contributed by atoms with E-state index in [1.165, 1.54) is 23.5 Å². The van der Waals surface area contributed by atoms with Crippen molar-refractivity contribution in [3.63, 3.8) is 0 Å². The van der Waals surface area contributed by atoms with Gasteiger partial charge < -0.3 is 0 Å². The predicted molar refractivity (Wildman–Crippen MR) is 154 cm³/mol. The maximum Gasteiger partial charge on any atom is 0.260 e. The summed E-state index contributed by atoms with van der Waals surface area (Å²) in [4.78, 5) is 24.8. The number of amides is 1. The standard InChI is InChI=1S/C29H34N4O3S2/c1-4-6-19-32(20-7-5-2)38(35,36)25-16-14-23(15-17-25)28(34)33(21-24-12-8-9-18-30-24)29-31-27-22(3)11-10-13-26(27)37-29/h8-18H,4-7,19-21H2,1-3H3. The highest BCUT2D eigenvalue weighted by Crippen LogP contribution is 2.32. The fourth-order valence-corrected chi connectivity index (χ4v) is 6.72. The van der Waals surface area contributed by atoms with Crippen molar-refractivity contribution in [3.05, 3.63) is 83.7 Å². The van der Waals surface area contributed by atoms with Crippen LogP contribution in [0.5, 0.6) is 0 Å². The number of thiazole rings is 1. The van der Waals surface area contributed by atoms with Crippen LogP contribution in [0.1, 0.15) is 61.1 Å². The van der Waals surface area contributed by atoms with E-state index in [-0.39, 0.29) is 17.3 Å². The number of pyridine rings is 1. The van der Waals surface area contributed by atoms with E-state index in [0.29, 0.717) is 23.8 Å². The van der Waals surface area contributed by atoms with Crippen LogP contribution in [0.15, 0.2) is 71.8 Å². The second-order valence-electron chi connectivity index (χ2n) is 9.27. The number of hydrogen-bond donors (Lipinski definition) is 0. The number of rotatable bonds is 12. The van der Waals surface area contributed by atoms with Gasteiger partial charge in [0.25, 0.3) is 5.91 Å². The van der Waals surface area contributed by atoms with Gasteiger partial charge in [0.1, 0.15) is 0 Å². The summed E-state index contributed by atoms with van der Waals surface area (Å²) in [5.74, 6) is -0.259. The number of fused-ring (bicyclic) bond motifs is 1. The van der Waals surface area contributed by atoms with E-state index in [9.17, 15) is 13.2 Å². The molecule has 0 aliphatic heterocycles. The van der Waals surface area contributed by atoms with Gasteiger partial charge in [-0.1, -0.05) is 56.2 Å². The zero-order chi connectivity index (χ0) is 27.1. The molecule has 200 valence electrons. The van der Waals surface area contributed by atoms with E-state index in [1.807, 2.05) is 43.3 Å². The summed E-state index contributed by atoms with van der Waals surface area (Å²) in [6.45, 7) is 7.34. The number of carbonyl (C=O) groups excluding carboxylic acids is 1. The second kappa shape index (κ2) is 12.6. The number of aryl methyl sites for hydroxylation is 1. The van der Waals surface area contributed by atoms with Crippen LogP contribution in [0.4, 0.5) is 5.13 Å². The molecule has 38 heavy (non-hydrogen) atoms. The van der Waals surface area contributed by atoms with Gasteiger partial charge in [0.05, 0.1) is 27.4 Å². The van der Waals surface area contributed by atoms with E-state index in [0.717, 1.165) is 47.2 Å². The third kappa shape index (κ3) is 6.28. The molecule has 9 heteroatoms. The van der Waals surface area contributed by atoms with Gasteiger partial charge >= 0.3 is 0 Å². The lowest BCUT2D eigenvalue weighted by molar-refractivity contribution is 0.0984. The summed E-state index contributed by atoms with van der Waals surface area (Å²) in [6.07, 6.45) is 5.15. The van der Waals surface area contributed by atoms with Gasteiger partial charge in [-0.25, -0.2) is 13.4 Å². The van der Waals surface area contributed by atoms with Crippen LogP contribution in [0.3, 0.4) is 0 Å². The Balaban J connectivity index is 1.65. The number of benzene rings is 2. The van der Waals surface area contributed by atoms with Crippen LogP contribution >= 0.6 is 11.3 Å². The van der Waals surface area contributed by atoms with Crippen LogP contribution in [0.25, 0.3) is 10.2 Å². The first kappa shape index (κ1) is 27.9. The highest BCUT2D eigenvalue weighted by atomic mass is 32.2. The Bertz CT molecular complexity index is 1460. The fraction of sp³-hybridized carbons (Fsp3) is 0.345. The first-order valence-electron chi connectivity index (χ1n) is 13.0.